The first-order chi connectivity index (χ1) is 5.83. The van der Waals surface area contributed by atoms with Gasteiger partial charge in [-0.05, 0) is 31.7 Å². The van der Waals surface area contributed by atoms with Crippen molar-refractivity contribution in [1.29, 1.82) is 0 Å². The summed E-state index contributed by atoms with van der Waals surface area (Å²) in [7, 11) is 0. The van der Waals surface area contributed by atoms with Gasteiger partial charge in [-0.25, -0.2) is 0 Å². The molecule has 0 saturated carbocycles. The van der Waals surface area contributed by atoms with Gasteiger partial charge in [-0.15, -0.1) is 0 Å². The number of nitrogens with one attached hydrogen (secondary N) is 2. The van der Waals surface area contributed by atoms with Crippen LogP contribution in [-0.2, 0) is 4.79 Å². The lowest BCUT2D eigenvalue weighted by Gasteiger charge is -2.26. The molecule has 1 saturated heterocycles. The Labute approximate surface area is 77.7 Å². The lowest BCUT2D eigenvalue weighted by molar-refractivity contribution is -0.118. The average molecular weight is 188 g/mol. The quantitative estimate of drug-likeness (QED) is 0.642. The van der Waals surface area contributed by atoms with Crippen LogP contribution < -0.4 is 10.6 Å². The number of carbonyl (C=O) groups excluding carboxylic acids is 1. The summed E-state index contributed by atoms with van der Waals surface area (Å²) in [6.45, 7) is 4.94. The maximum absolute atomic E-state index is 11.0. The molecule has 12 heavy (non-hydrogen) atoms. The molecule has 1 aliphatic heterocycles. The fraction of sp³-hybridized carbons (Fsp3) is 0.875. The van der Waals surface area contributed by atoms with E-state index in [1.165, 1.54) is 0 Å². The maximum Gasteiger partial charge on any atom is 0.229 e. The SMILES string of the molecule is CCNC(=O)CSCC1CNC1. The number of carbonyl (C=O) groups is 1. The van der Waals surface area contributed by atoms with E-state index in [4.69, 9.17) is 0 Å². The van der Waals surface area contributed by atoms with Gasteiger partial charge >= 0.3 is 0 Å². The van der Waals surface area contributed by atoms with E-state index in [0.29, 0.717) is 5.75 Å². The number of thioether (sulfide) groups is 1. The van der Waals surface area contributed by atoms with Crippen LogP contribution in [0.4, 0.5) is 0 Å². The van der Waals surface area contributed by atoms with Crippen molar-refractivity contribution in [2.24, 2.45) is 5.92 Å². The zero-order chi connectivity index (χ0) is 8.81. The van der Waals surface area contributed by atoms with Gasteiger partial charge in [-0.1, -0.05) is 0 Å². The van der Waals surface area contributed by atoms with Crippen molar-refractivity contribution in [2.45, 2.75) is 6.92 Å². The molecule has 0 aliphatic carbocycles. The Morgan fingerprint density at radius 2 is 2.42 bits per heavy atom. The molecule has 0 bridgehead atoms. The van der Waals surface area contributed by atoms with Gasteiger partial charge in [0.1, 0.15) is 0 Å². The number of hydrogen-bond acceptors (Lipinski definition) is 3. The molecule has 1 fully saturated rings. The normalized spacial score (nSPS) is 17.1. The Morgan fingerprint density at radius 1 is 1.67 bits per heavy atom. The summed E-state index contributed by atoms with van der Waals surface area (Å²) in [5.74, 6) is 2.69. The summed E-state index contributed by atoms with van der Waals surface area (Å²) < 4.78 is 0. The molecule has 0 aromatic carbocycles. The Hall–Kier alpha value is -0.220. The third kappa shape index (κ3) is 3.45. The van der Waals surface area contributed by atoms with Crippen LogP contribution in [0.3, 0.4) is 0 Å². The van der Waals surface area contributed by atoms with E-state index in [1.54, 1.807) is 11.8 Å². The van der Waals surface area contributed by atoms with Gasteiger partial charge in [-0.3, -0.25) is 4.79 Å². The van der Waals surface area contributed by atoms with Crippen molar-refractivity contribution in [2.75, 3.05) is 31.1 Å². The summed E-state index contributed by atoms with van der Waals surface area (Å²) in [5.41, 5.74) is 0. The fourth-order valence-corrected chi connectivity index (χ4v) is 2.01. The highest BCUT2D eigenvalue weighted by atomic mass is 32.2. The van der Waals surface area contributed by atoms with Crippen LogP contribution in [0.15, 0.2) is 0 Å². The molecule has 0 aromatic rings. The minimum atomic E-state index is 0.162. The highest BCUT2D eigenvalue weighted by Crippen LogP contribution is 2.11. The van der Waals surface area contributed by atoms with Crippen LogP contribution in [0.1, 0.15) is 6.92 Å². The monoisotopic (exact) mass is 188 g/mol. The molecule has 0 radical (unpaired) electrons. The van der Waals surface area contributed by atoms with Crippen LogP contribution in [-0.4, -0.2) is 37.0 Å². The topological polar surface area (TPSA) is 41.1 Å². The standard InChI is InChI=1S/C8H16N2OS/c1-2-10-8(11)6-12-5-7-3-9-4-7/h7,9H,2-6H2,1H3,(H,10,11). The van der Waals surface area contributed by atoms with Crippen molar-refractivity contribution in [1.82, 2.24) is 10.6 Å². The summed E-state index contributed by atoms with van der Waals surface area (Å²) >= 11 is 1.73. The second-order valence-corrected chi connectivity index (χ2v) is 4.02. The number of hydrogen-bond donors (Lipinski definition) is 2. The van der Waals surface area contributed by atoms with E-state index in [0.717, 1.165) is 31.3 Å². The molecule has 4 heteroatoms. The third-order valence-corrected chi connectivity index (χ3v) is 3.00. The van der Waals surface area contributed by atoms with Gasteiger partial charge < -0.3 is 10.6 Å². The second kappa shape index (κ2) is 5.43. The van der Waals surface area contributed by atoms with Crippen molar-refractivity contribution < 1.29 is 4.79 Å². The van der Waals surface area contributed by atoms with Crippen molar-refractivity contribution in [3.63, 3.8) is 0 Å². The van der Waals surface area contributed by atoms with Gasteiger partial charge in [-0.2, -0.15) is 11.8 Å². The van der Waals surface area contributed by atoms with Crippen LogP contribution in [0.5, 0.6) is 0 Å². The minimum Gasteiger partial charge on any atom is -0.356 e. The molecular weight excluding hydrogens is 172 g/mol. The van der Waals surface area contributed by atoms with Crippen molar-refractivity contribution in [3.8, 4) is 0 Å². The Kier molecular flexibility index (Phi) is 4.46. The summed E-state index contributed by atoms with van der Waals surface area (Å²) in [6, 6.07) is 0. The minimum absolute atomic E-state index is 0.162. The van der Waals surface area contributed by atoms with Gasteiger partial charge in [0, 0.05) is 6.54 Å². The zero-order valence-electron chi connectivity index (χ0n) is 7.43. The highest BCUT2D eigenvalue weighted by Gasteiger charge is 2.16. The first-order valence-corrected chi connectivity index (χ1v) is 5.53. The molecule has 0 atom stereocenters. The predicted octanol–water partition coefficient (Wildman–Crippen LogP) is 0.0751. The largest absolute Gasteiger partial charge is 0.356 e. The molecule has 3 nitrogen and oxygen atoms in total. The Balaban J connectivity index is 1.90. The van der Waals surface area contributed by atoms with E-state index in [1.807, 2.05) is 6.92 Å². The Morgan fingerprint density at radius 3 is 2.92 bits per heavy atom. The van der Waals surface area contributed by atoms with Crippen LogP contribution >= 0.6 is 11.8 Å². The summed E-state index contributed by atoms with van der Waals surface area (Å²) in [6.07, 6.45) is 0. The molecule has 0 aromatic heterocycles. The smallest absolute Gasteiger partial charge is 0.229 e. The van der Waals surface area contributed by atoms with E-state index in [-0.39, 0.29) is 5.91 Å². The highest BCUT2D eigenvalue weighted by molar-refractivity contribution is 7.99. The van der Waals surface area contributed by atoms with Gasteiger partial charge in [0.25, 0.3) is 0 Å². The number of amides is 1. The van der Waals surface area contributed by atoms with E-state index < -0.39 is 0 Å². The molecule has 0 unspecified atom stereocenters. The number of rotatable bonds is 5. The molecule has 1 heterocycles. The molecule has 70 valence electrons. The van der Waals surface area contributed by atoms with Crippen LogP contribution in [0, 0.1) is 5.92 Å². The Bertz CT molecular complexity index is 148. The van der Waals surface area contributed by atoms with E-state index in [9.17, 15) is 4.79 Å². The first kappa shape index (κ1) is 9.86. The molecule has 1 amide bonds. The maximum atomic E-state index is 11.0. The lowest BCUT2D eigenvalue weighted by Crippen LogP contribution is -2.43. The lowest BCUT2D eigenvalue weighted by atomic mass is 10.1. The zero-order valence-corrected chi connectivity index (χ0v) is 8.25. The van der Waals surface area contributed by atoms with Gasteiger partial charge in [0.05, 0.1) is 5.75 Å². The van der Waals surface area contributed by atoms with Crippen LogP contribution in [0.25, 0.3) is 0 Å². The van der Waals surface area contributed by atoms with E-state index in [2.05, 4.69) is 10.6 Å². The second-order valence-electron chi connectivity index (χ2n) is 2.99. The van der Waals surface area contributed by atoms with E-state index >= 15 is 0 Å². The third-order valence-electron chi connectivity index (χ3n) is 1.83. The van der Waals surface area contributed by atoms with Crippen LogP contribution in [0.2, 0.25) is 0 Å². The molecule has 1 rings (SSSR count). The van der Waals surface area contributed by atoms with Crippen molar-refractivity contribution >= 4 is 17.7 Å². The first-order valence-electron chi connectivity index (χ1n) is 4.38. The van der Waals surface area contributed by atoms with Gasteiger partial charge in [0.2, 0.25) is 5.91 Å². The summed E-state index contributed by atoms with van der Waals surface area (Å²) in [5, 5.41) is 5.99. The average Bonchev–Trinajstić information content (AvgIpc) is 1.95. The predicted molar refractivity (Wildman–Crippen MR) is 52.4 cm³/mol. The molecule has 0 spiro atoms. The van der Waals surface area contributed by atoms with Gasteiger partial charge in [0.15, 0.2) is 0 Å². The summed E-state index contributed by atoms with van der Waals surface area (Å²) in [4.78, 5) is 11.0. The molecule has 2 N–H and O–H groups in total. The fourth-order valence-electron chi connectivity index (χ4n) is 1.03. The van der Waals surface area contributed by atoms with Crippen molar-refractivity contribution in [3.05, 3.63) is 0 Å². The molecule has 1 aliphatic rings. The molecular formula is C8H16N2OS.